The molecule has 2 heterocycles. The summed E-state index contributed by atoms with van der Waals surface area (Å²) in [4.78, 5) is 22.8. The summed E-state index contributed by atoms with van der Waals surface area (Å²) >= 11 is 0. The molecule has 0 aliphatic carbocycles. The highest BCUT2D eigenvalue weighted by Crippen LogP contribution is 2.20. The van der Waals surface area contributed by atoms with Crippen molar-refractivity contribution in [1.82, 2.24) is 9.88 Å². The number of nitrogens with zero attached hydrogens (tertiary/aromatic N) is 3. The molecule has 1 aliphatic rings. The van der Waals surface area contributed by atoms with Crippen LogP contribution in [0, 0.1) is 12.7 Å². The van der Waals surface area contributed by atoms with Crippen LogP contribution in [0.3, 0.4) is 0 Å². The highest BCUT2D eigenvalue weighted by molar-refractivity contribution is 5.99. The van der Waals surface area contributed by atoms with Crippen molar-refractivity contribution in [1.29, 1.82) is 0 Å². The molecule has 0 spiro atoms. The van der Waals surface area contributed by atoms with Gasteiger partial charge < -0.3 is 20.1 Å². The number of anilines is 2. The Labute approximate surface area is 181 Å². The van der Waals surface area contributed by atoms with Gasteiger partial charge in [-0.15, -0.1) is 0 Å². The normalized spacial score (nSPS) is 16.3. The average molecular weight is 429 g/mol. The Kier molecular flexibility index (Phi) is 8.17. The van der Waals surface area contributed by atoms with Crippen molar-refractivity contribution in [3.8, 4) is 0 Å². The number of urea groups is 1. The minimum Gasteiger partial charge on any atom is -0.454 e. The third-order valence-corrected chi connectivity index (χ3v) is 4.88. The molecule has 2 N–H and O–H groups in total. The number of aromatic nitrogens is 1. The summed E-state index contributed by atoms with van der Waals surface area (Å²) in [5.41, 5.74) is 2.10. The van der Waals surface area contributed by atoms with Crippen LogP contribution in [0.25, 0.3) is 0 Å². The number of pyridine rings is 1. The molecule has 1 aromatic heterocycles. The van der Waals surface area contributed by atoms with Crippen molar-refractivity contribution in [2.24, 2.45) is 4.99 Å². The molecule has 2 amide bonds. The Morgan fingerprint density at radius 3 is 2.90 bits per heavy atom. The second kappa shape index (κ2) is 11.3. The highest BCUT2D eigenvalue weighted by atomic mass is 19.1. The van der Waals surface area contributed by atoms with Crippen molar-refractivity contribution in [2.75, 3.05) is 50.5 Å². The van der Waals surface area contributed by atoms with Gasteiger partial charge in [0.1, 0.15) is 12.4 Å². The molecule has 1 aromatic carbocycles. The molecular formula is C22H28FN5O3. The van der Waals surface area contributed by atoms with Crippen LogP contribution in [-0.2, 0) is 15.9 Å². The Morgan fingerprint density at radius 1 is 1.26 bits per heavy atom. The third-order valence-electron chi connectivity index (χ3n) is 4.88. The highest BCUT2D eigenvalue weighted by Gasteiger charge is 2.13. The first-order valence-corrected chi connectivity index (χ1v) is 10.3. The summed E-state index contributed by atoms with van der Waals surface area (Å²) in [6.45, 7) is 5.33. The zero-order chi connectivity index (χ0) is 22.1. The molecule has 0 unspecified atom stereocenters. The third kappa shape index (κ3) is 6.92. The van der Waals surface area contributed by atoms with E-state index in [4.69, 9.17) is 9.47 Å². The average Bonchev–Trinajstić information content (AvgIpc) is 2.74. The monoisotopic (exact) mass is 429 g/mol. The van der Waals surface area contributed by atoms with Gasteiger partial charge in [-0.1, -0.05) is 12.1 Å². The lowest BCUT2D eigenvalue weighted by Crippen LogP contribution is -2.34. The first-order chi connectivity index (χ1) is 15.0. The van der Waals surface area contributed by atoms with Gasteiger partial charge in [-0.3, -0.25) is 9.88 Å². The van der Waals surface area contributed by atoms with E-state index in [1.807, 2.05) is 6.92 Å². The molecule has 1 aliphatic heterocycles. The molecule has 0 saturated heterocycles. The Hall–Kier alpha value is -3.20. The summed E-state index contributed by atoms with van der Waals surface area (Å²) in [7, 11) is 1.54. The lowest BCUT2D eigenvalue weighted by Gasteiger charge is -2.23. The number of benzene rings is 1. The minimum absolute atomic E-state index is 0.149. The molecule has 0 saturated carbocycles. The minimum atomic E-state index is -0.515. The van der Waals surface area contributed by atoms with Crippen molar-refractivity contribution in [2.45, 2.75) is 19.8 Å². The predicted octanol–water partition coefficient (Wildman–Crippen LogP) is 3.44. The molecule has 8 nitrogen and oxygen atoms in total. The summed E-state index contributed by atoms with van der Waals surface area (Å²) < 4.78 is 25.3. The molecule has 166 valence electrons. The number of aryl methyl sites for hydroxylation is 2. The van der Waals surface area contributed by atoms with Crippen LogP contribution in [-0.4, -0.2) is 61.9 Å². The van der Waals surface area contributed by atoms with Gasteiger partial charge >= 0.3 is 12.1 Å². The maximum absolute atomic E-state index is 14.9. The van der Waals surface area contributed by atoms with E-state index in [1.54, 1.807) is 43.6 Å². The topological polar surface area (TPSA) is 88.1 Å². The SMILES string of the molecule is CO/C1=N\CCN(CCCc2cccc(NC(=O)Nc3ccc(C)nc3)c2F)CCO1. The Balaban J connectivity index is 1.50. The first kappa shape index (κ1) is 22.5. The number of halogens is 1. The fourth-order valence-electron chi connectivity index (χ4n) is 3.24. The summed E-state index contributed by atoms with van der Waals surface area (Å²) in [5.74, 6) is -0.412. The first-order valence-electron chi connectivity index (χ1n) is 10.3. The van der Waals surface area contributed by atoms with E-state index in [0.29, 0.717) is 36.9 Å². The molecule has 9 heteroatoms. The lowest BCUT2D eigenvalue weighted by molar-refractivity contribution is 0.146. The quantitative estimate of drug-likeness (QED) is 0.735. The van der Waals surface area contributed by atoms with Gasteiger partial charge in [0.05, 0.1) is 31.2 Å². The summed E-state index contributed by atoms with van der Waals surface area (Å²) in [6.07, 6.45) is 3.23. The van der Waals surface area contributed by atoms with E-state index >= 15 is 0 Å². The maximum Gasteiger partial charge on any atom is 0.383 e. The number of aliphatic imine (C=N–C) groups is 1. The zero-order valence-electron chi connectivity index (χ0n) is 17.9. The molecule has 31 heavy (non-hydrogen) atoms. The second-order valence-electron chi connectivity index (χ2n) is 7.19. The Morgan fingerprint density at radius 2 is 2.13 bits per heavy atom. The number of hydrogen-bond acceptors (Lipinski definition) is 6. The van der Waals surface area contributed by atoms with Crippen LogP contribution in [0.4, 0.5) is 20.6 Å². The standard InChI is InChI=1S/C22H28FN5O3/c1-16-8-9-18(15-25-16)26-21(29)27-19-7-3-5-17(20(19)23)6-4-11-28-12-10-24-22(30-2)31-14-13-28/h3,5,7-9,15H,4,6,10-14H2,1-2H3,(H2,26,27,29)/b24-22+. The van der Waals surface area contributed by atoms with E-state index in [2.05, 4.69) is 25.5 Å². The number of ether oxygens (including phenoxy) is 2. The number of carbonyl (C=O) groups excluding carboxylic acids is 1. The number of hydrogen-bond donors (Lipinski definition) is 2. The largest absolute Gasteiger partial charge is 0.454 e. The van der Waals surface area contributed by atoms with Gasteiger partial charge in [-0.2, -0.15) is 0 Å². The number of carbonyl (C=O) groups is 1. The van der Waals surface area contributed by atoms with Crippen molar-refractivity contribution in [3.05, 3.63) is 53.6 Å². The van der Waals surface area contributed by atoms with Gasteiger partial charge in [0.25, 0.3) is 0 Å². The summed E-state index contributed by atoms with van der Waals surface area (Å²) in [5, 5.41) is 5.22. The number of amides is 2. The van der Waals surface area contributed by atoms with E-state index in [1.165, 1.54) is 0 Å². The van der Waals surface area contributed by atoms with E-state index in [9.17, 15) is 9.18 Å². The van der Waals surface area contributed by atoms with Crippen LogP contribution >= 0.6 is 0 Å². The van der Waals surface area contributed by atoms with E-state index in [-0.39, 0.29) is 5.69 Å². The second-order valence-corrected chi connectivity index (χ2v) is 7.19. The van der Waals surface area contributed by atoms with Gasteiger partial charge in [0.15, 0.2) is 0 Å². The summed E-state index contributed by atoms with van der Waals surface area (Å²) in [6, 6.07) is 8.05. The van der Waals surface area contributed by atoms with Crippen LogP contribution in [0.2, 0.25) is 0 Å². The van der Waals surface area contributed by atoms with Crippen LogP contribution in [0.15, 0.2) is 41.5 Å². The van der Waals surface area contributed by atoms with Crippen LogP contribution < -0.4 is 10.6 Å². The fraction of sp³-hybridized carbons (Fsp3) is 0.409. The van der Waals surface area contributed by atoms with Gasteiger partial charge in [-0.05, 0) is 50.1 Å². The van der Waals surface area contributed by atoms with E-state index in [0.717, 1.165) is 31.7 Å². The van der Waals surface area contributed by atoms with Crippen molar-refractivity contribution in [3.63, 3.8) is 0 Å². The van der Waals surface area contributed by atoms with E-state index < -0.39 is 11.8 Å². The van der Waals surface area contributed by atoms with Crippen LogP contribution in [0.5, 0.6) is 0 Å². The molecule has 3 rings (SSSR count). The number of methoxy groups -OCH3 is 1. The Bertz CT molecular complexity index is 905. The lowest BCUT2D eigenvalue weighted by atomic mass is 10.1. The molecule has 0 radical (unpaired) electrons. The molecule has 0 atom stereocenters. The van der Waals surface area contributed by atoms with Gasteiger partial charge in [0, 0.05) is 18.8 Å². The van der Waals surface area contributed by atoms with Gasteiger partial charge in [-0.25, -0.2) is 14.2 Å². The fourth-order valence-corrected chi connectivity index (χ4v) is 3.24. The van der Waals surface area contributed by atoms with Gasteiger partial charge in [0.2, 0.25) is 0 Å². The number of nitrogens with one attached hydrogen (secondary N) is 2. The molecular weight excluding hydrogens is 401 g/mol. The van der Waals surface area contributed by atoms with Crippen molar-refractivity contribution < 1.29 is 18.7 Å². The maximum atomic E-state index is 14.9. The molecule has 0 fully saturated rings. The zero-order valence-corrected chi connectivity index (χ0v) is 17.9. The number of rotatable bonds is 6. The molecule has 2 aromatic rings. The smallest absolute Gasteiger partial charge is 0.383 e. The van der Waals surface area contributed by atoms with Crippen LogP contribution in [0.1, 0.15) is 17.7 Å². The molecule has 0 bridgehead atoms. The predicted molar refractivity (Wildman–Crippen MR) is 118 cm³/mol. The van der Waals surface area contributed by atoms with Crippen molar-refractivity contribution >= 4 is 23.5 Å².